The van der Waals surface area contributed by atoms with Crippen molar-refractivity contribution in [2.75, 3.05) is 46.9 Å². The molecular formula is C16H25N3O3. The molecule has 1 saturated heterocycles. The van der Waals surface area contributed by atoms with E-state index in [1.807, 2.05) is 18.0 Å². The molecule has 1 aliphatic heterocycles. The molecule has 2 N–H and O–H groups in total. The minimum Gasteiger partial charge on any atom is -0.504 e. The number of carbonyl (C=O) groups excluding carboxylic acids is 1. The summed E-state index contributed by atoms with van der Waals surface area (Å²) in [5.74, 6) is 0.830. The van der Waals surface area contributed by atoms with Gasteiger partial charge in [-0.2, -0.15) is 0 Å². The average Bonchev–Trinajstić information content (AvgIpc) is 2.53. The number of hydrogen-bond acceptors (Lipinski definition) is 5. The zero-order chi connectivity index (χ0) is 15.9. The number of piperazine rings is 1. The maximum Gasteiger partial charge on any atom is 0.223 e. The van der Waals surface area contributed by atoms with Crippen LogP contribution in [0, 0.1) is 0 Å². The van der Waals surface area contributed by atoms with Crippen LogP contribution in [0.25, 0.3) is 0 Å². The van der Waals surface area contributed by atoms with Gasteiger partial charge in [0, 0.05) is 45.7 Å². The van der Waals surface area contributed by atoms with Gasteiger partial charge < -0.3 is 25.0 Å². The average molecular weight is 307 g/mol. The number of hydrogen-bond donors (Lipinski definition) is 2. The first-order valence-electron chi connectivity index (χ1n) is 7.63. The van der Waals surface area contributed by atoms with Gasteiger partial charge in [-0.15, -0.1) is 0 Å². The molecule has 0 aromatic heterocycles. The van der Waals surface area contributed by atoms with Gasteiger partial charge in [-0.3, -0.25) is 4.79 Å². The van der Waals surface area contributed by atoms with Crippen LogP contribution in [0.1, 0.15) is 12.0 Å². The van der Waals surface area contributed by atoms with Crippen LogP contribution in [-0.4, -0.2) is 67.7 Å². The summed E-state index contributed by atoms with van der Waals surface area (Å²) in [6.45, 7) is 4.76. The highest BCUT2D eigenvalue weighted by Crippen LogP contribution is 2.26. The number of carbonyl (C=O) groups is 1. The van der Waals surface area contributed by atoms with Crippen molar-refractivity contribution in [2.45, 2.75) is 13.0 Å². The number of nitrogens with zero attached hydrogens (tertiary/aromatic N) is 2. The molecular weight excluding hydrogens is 282 g/mol. The molecule has 0 spiro atoms. The van der Waals surface area contributed by atoms with Gasteiger partial charge in [0.05, 0.1) is 7.11 Å². The molecule has 1 aromatic carbocycles. The molecule has 0 unspecified atom stereocenters. The van der Waals surface area contributed by atoms with Gasteiger partial charge in [-0.05, 0) is 24.7 Å². The highest BCUT2D eigenvalue weighted by atomic mass is 16.5. The van der Waals surface area contributed by atoms with E-state index in [9.17, 15) is 9.90 Å². The summed E-state index contributed by atoms with van der Waals surface area (Å²) < 4.78 is 5.03. The summed E-state index contributed by atoms with van der Waals surface area (Å²) in [5, 5.41) is 13.0. The van der Waals surface area contributed by atoms with Crippen molar-refractivity contribution in [2.24, 2.45) is 0 Å². The number of phenolic OH excluding ortho intramolecular Hbond substituents is 1. The summed E-state index contributed by atoms with van der Waals surface area (Å²) in [7, 11) is 3.51. The summed E-state index contributed by atoms with van der Waals surface area (Å²) in [5.41, 5.74) is 0.996. The third-order valence-corrected chi connectivity index (χ3v) is 3.87. The van der Waals surface area contributed by atoms with E-state index in [1.54, 1.807) is 12.1 Å². The number of ether oxygens (including phenoxy) is 1. The third-order valence-electron chi connectivity index (χ3n) is 3.87. The first-order valence-corrected chi connectivity index (χ1v) is 7.63. The van der Waals surface area contributed by atoms with E-state index in [1.165, 1.54) is 7.11 Å². The fourth-order valence-electron chi connectivity index (χ4n) is 2.58. The number of benzene rings is 1. The molecule has 0 saturated carbocycles. The molecule has 0 bridgehead atoms. The van der Waals surface area contributed by atoms with E-state index >= 15 is 0 Å². The number of phenols is 1. The Labute approximate surface area is 131 Å². The lowest BCUT2D eigenvalue weighted by atomic mass is 10.2. The number of aromatic hydroxyl groups is 1. The Kier molecular flexibility index (Phi) is 6.03. The zero-order valence-corrected chi connectivity index (χ0v) is 13.3. The molecule has 1 heterocycles. The monoisotopic (exact) mass is 307 g/mol. The standard InChI is InChI=1S/C16H25N3O3/c1-18(8-5-16(21)19-9-6-17-7-10-19)12-13-3-4-15(22-2)14(20)11-13/h3-4,11,17,20H,5-10,12H2,1-2H3. The summed E-state index contributed by atoms with van der Waals surface area (Å²) >= 11 is 0. The van der Waals surface area contributed by atoms with E-state index < -0.39 is 0 Å². The van der Waals surface area contributed by atoms with Crippen molar-refractivity contribution in [3.8, 4) is 11.5 Å². The topological polar surface area (TPSA) is 65.0 Å². The number of methoxy groups -OCH3 is 1. The summed E-state index contributed by atoms with van der Waals surface area (Å²) in [6, 6.07) is 5.38. The van der Waals surface area contributed by atoms with Crippen LogP contribution in [0.3, 0.4) is 0 Å². The number of rotatable bonds is 6. The Morgan fingerprint density at radius 3 is 2.77 bits per heavy atom. The molecule has 1 aliphatic rings. The lowest BCUT2D eigenvalue weighted by Crippen LogP contribution is -2.47. The van der Waals surface area contributed by atoms with Crippen LogP contribution in [0.15, 0.2) is 18.2 Å². The fourth-order valence-corrected chi connectivity index (χ4v) is 2.58. The molecule has 6 nitrogen and oxygen atoms in total. The predicted molar refractivity (Wildman–Crippen MR) is 85.1 cm³/mol. The SMILES string of the molecule is COc1ccc(CN(C)CCC(=O)N2CCNCC2)cc1O. The fraction of sp³-hybridized carbons (Fsp3) is 0.562. The Morgan fingerprint density at radius 2 is 2.14 bits per heavy atom. The predicted octanol–water partition coefficient (Wildman–Crippen LogP) is 0.654. The molecule has 0 aliphatic carbocycles. The summed E-state index contributed by atoms with van der Waals surface area (Å²) in [4.78, 5) is 16.1. The normalized spacial score (nSPS) is 15.1. The minimum atomic E-state index is 0.144. The lowest BCUT2D eigenvalue weighted by Gasteiger charge is -2.28. The van der Waals surface area contributed by atoms with Crippen molar-refractivity contribution < 1.29 is 14.6 Å². The Bertz CT molecular complexity index is 501. The van der Waals surface area contributed by atoms with E-state index in [2.05, 4.69) is 10.2 Å². The Morgan fingerprint density at radius 1 is 1.41 bits per heavy atom. The van der Waals surface area contributed by atoms with Crippen molar-refractivity contribution in [3.63, 3.8) is 0 Å². The van der Waals surface area contributed by atoms with E-state index in [-0.39, 0.29) is 11.7 Å². The van der Waals surface area contributed by atoms with E-state index in [0.29, 0.717) is 25.3 Å². The second kappa shape index (κ2) is 8.00. The van der Waals surface area contributed by atoms with Crippen molar-refractivity contribution in [1.29, 1.82) is 0 Å². The van der Waals surface area contributed by atoms with Crippen molar-refractivity contribution in [3.05, 3.63) is 23.8 Å². The first-order chi connectivity index (χ1) is 10.6. The highest BCUT2D eigenvalue weighted by molar-refractivity contribution is 5.76. The van der Waals surface area contributed by atoms with E-state index in [4.69, 9.17) is 4.74 Å². The van der Waals surface area contributed by atoms with Gasteiger partial charge in [0.2, 0.25) is 5.91 Å². The third kappa shape index (κ3) is 4.61. The van der Waals surface area contributed by atoms with Gasteiger partial charge in [0.15, 0.2) is 11.5 Å². The molecule has 1 fully saturated rings. The maximum atomic E-state index is 12.1. The van der Waals surface area contributed by atoms with Crippen LogP contribution in [0.4, 0.5) is 0 Å². The van der Waals surface area contributed by atoms with Crippen LogP contribution >= 0.6 is 0 Å². The molecule has 122 valence electrons. The van der Waals surface area contributed by atoms with Gasteiger partial charge >= 0.3 is 0 Å². The lowest BCUT2D eigenvalue weighted by molar-refractivity contribution is -0.132. The number of amides is 1. The first kappa shape index (κ1) is 16.6. The molecule has 2 rings (SSSR count). The van der Waals surface area contributed by atoms with Gasteiger partial charge in [0.1, 0.15) is 0 Å². The largest absolute Gasteiger partial charge is 0.504 e. The highest BCUT2D eigenvalue weighted by Gasteiger charge is 2.16. The second-order valence-corrected chi connectivity index (χ2v) is 5.62. The molecule has 1 aromatic rings. The Balaban J connectivity index is 1.78. The van der Waals surface area contributed by atoms with Crippen LogP contribution < -0.4 is 10.1 Å². The minimum absolute atomic E-state index is 0.144. The molecule has 22 heavy (non-hydrogen) atoms. The smallest absolute Gasteiger partial charge is 0.223 e. The number of nitrogens with one attached hydrogen (secondary N) is 1. The molecule has 6 heteroatoms. The maximum absolute atomic E-state index is 12.1. The summed E-state index contributed by atoms with van der Waals surface area (Å²) in [6.07, 6.45) is 0.526. The van der Waals surface area contributed by atoms with Crippen LogP contribution in [-0.2, 0) is 11.3 Å². The van der Waals surface area contributed by atoms with Crippen molar-refractivity contribution in [1.82, 2.24) is 15.1 Å². The van der Waals surface area contributed by atoms with Gasteiger partial charge in [0.25, 0.3) is 0 Å². The van der Waals surface area contributed by atoms with Gasteiger partial charge in [-0.25, -0.2) is 0 Å². The van der Waals surface area contributed by atoms with Crippen molar-refractivity contribution >= 4 is 5.91 Å². The zero-order valence-electron chi connectivity index (χ0n) is 13.3. The van der Waals surface area contributed by atoms with Crippen LogP contribution in [0.2, 0.25) is 0 Å². The Hall–Kier alpha value is -1.79. The molecule has 0 radical (unpaired) electrons. The quantitative estimate of drug-likeness (QED) is 0.808. The second-order valence-electron chi connectivity index (χ2n) is 5.62. The van der Waals surface area contributed by atoms with Gasteiger partial charge in [-0.1, -0.05) is 6.07 Å². The van der Waals surface area contributed by atoms with E-state index in [0.717, 1.165) is 31.7 Å². The molecule has 0 atom stereocenters. The molecule has 1 amide bonds. The van der Waals surface area contributed by atoms with Crippen LogP contribution in [0.5, 0.6) is 11.5 Å².